The van der Waals surface area contributed by atoms with E-state index in [9.17, 15) is 9.18 Å². The molecule has 1 unspecified atom stereocenters. The van der Waals surface area contributed by atoms with Crippen molar-refractivity contribution in [1.82, 2.24) is 9.13 Å². The van der Waals surface area contributed by atoms with Gasteiger partial charge in [0.1, 0.15) is 5.82 Å². The highest BCUT2D eigenvalue weighted by molar-refractivity contribution is 6.38. The van der Waals surface area contributed by atoms with Crippen molar-refractivity contribution in [2.75, 3.05) is 0 Å². The lowest BCUT2D eigenvalue weighted by molar-refractivity contribution is -0.116. The first-order valence-corrected chi connectivity index (χ1v) is 10.4. The molecule has 154 valence electrons. The molecule has 3 aromatic rings. The summed E-state index contributed by atoms with van der Waals surface area (Å²) < 4.78 is 17.0. The van der Waals surface area contributed by atoms with E-state index in [-0.39, 0.29) is 23.8 Å². The molecule has 4 nitrogen and oxygen atoms in total. The van der Waals surface area contributed by atoms with Gasteiger partial charge < -0.3 is 9.13 Å². The molecule has 0 saturated heterocycles. The van der Waals surface area contributed by atoms with Crippen molar-refractivity contribution >= 4 is 40.0 Å². The SMILES string of the molecule is Cc1cc(F)ccc1Cn1c(=N)n(CC(=O)C2=CC=C(Cl)C(Cl)C2)c2ccccc21. The van der Waals surface area contributed by atoms with Gasteiger partial charge in [-0.3, -0.25) is 10.2 Å². The highest BCUT2D eigenvalue weighted by Crippen LogP contribution is 2.27. The first kappa shape index (κ1) is 20.6. The summed E-state index contributed by atoms with van der Waals surface area (Å²) >= 11 is 12.2. The molecule has 0 aliphatic heterocycles. The highest BCUT2D eigenvalue weighted by Gasteiger charge is 2.22. The average molecular weight is 444 g/mol. The largest absolute Gasteiger partial charge is 0.306 e. The van der Waals surface area contributed by atoms with Crippen molar-refractivity contribution in [3.8, 4) is 0 Å². The van der Waals surface area contributed by atoms with Gasteiger partial charge in [0.15, 0.2) is 5.78 Å². The number of para-hydroxylation sites is 2. The summed E-state index contributed by atoms with van der Waals surface area (Å²) in [4.78, 5) is 12.9. The van der Waals surface area contributed by atoms with Crippen molar-refractivity contribution in [3.05, 3.63) is 87.8 Å². The number of aryl methyl sites for hydroxylation is 1. The van der Waals surface area contributed by atoms with E-state index < -0.39 is 5.38 Å². The molecule has 4 rings (SSSR count). The number of hydrogen-bond donors (Lipinski definition) is 1. The number of rotatable bonds is 5. The minimum atomic E-state index is -0.404. The van der Waals surface area contributed by atoms with Crippen molar-refractivity contribution in [1.29, 1.82) is 5.41 Å². The number of nitrogens with one attached hydrogen (secondary N) is 1. The van der Waals surface area contributed by atoms with Crippen LogP contribution in [0, 0.1) is 18.2 Å². The number of Topliss-reactive ketones (excluding diaryl/α,β-unsaturated/α-hetero) is 1. The van der Waals surface area contributed by atoms with Crippen molar-refractivity contribution in [2.24, 2.45) is 0 Å². The molecule has 1 N–H and O–H groups in total. The Bertz CT molecular complexity index is 1270. The van der Waals surface area contributed by atoms with Crippen LogP contribution in [0.4, 0.5) is 4.39 Å². The number of benzene rings is 2. The molecular formula is C23H20Cl2FN3O. The van der Waals surface area contributed by atoms with Crippen LogP contribution in [0.25, 0.3) is 11.0 Å². The lowest BCUT2D eigenvalue weighted by Crippen LogP contribution is -2.28. The van der Waals surface area contributed by atoms with Gasteiger partial charge in [0.25, 0.3) is 0 Å². The minimum Gasteiger partial charge on any atom is -0.306 e. The van der Waals surface area contributed by atoms with Crippen LogP contribution in [-0.2, 0) is 17.9 Å². The maximum absolute atomic E-state index is 13.5. The third-order valence-corrected chi connectivity index (χ3v) is 6.30. The predicted octanol–water partition coefficient (Wildman–Crippen LogP) is 5.05. The molecule has 1 aromatic heterocycles. The maximum atomic E-state index is 13.5. The van der Waals surface area contributed by atoms with Gasteiger partial charge in [-0.1, -0.05) is 35.9 Å². The lowest BCUT2D eigenvalue weighted by atomic mass is 10.0. The van der Waals surface area contributed by atoms with Gasteiger partial charge in [0.05, 0.1) is 29.5 Å². The molecule has 1 heterocycles. The number of alkyl halides is 1. The monoisotopic (exact) mass is 443 g/mol. The zero-order chi connectivity index (χ0) is 21.4. The van der Waals surface area contributed by atoms with Crippen LogP contribution in [0.2, 0.25) is 0 Å². The molecule has 2 aromatic carbocycles. The molecular weight excluding hydrogens is 424 g/mol. The lowest BCUT2D eigenvalue weighted by Gasteiger charge is -2.15. The standard InChI is InChI=1S/C23H20Cl2FN3O/c1-14-10-17(26)8-6-16(14)12-28-20-4-2-3-5-21(20)29(23(28)27)13-22(30)15-7-9-18(24)19(25)11-15/h2-10,19,27H,11-13H2,1H3. The fourth-order valence-corrected chi connectivity index (χ4v) is 4.10. The number of ketones is 1. The molecule has 1 aliphatic rings. The van der Waals surface area contributed by atoms with Gasteiger partial charge in [0, 0.05) is 5.03 Å². The van der Waals surface area contributed by atoms with E-state index in [4.69, 9.17) is 28.6 Å². The van der Waals surface area contributed by atoms with Gasteiger partial charge in [-0.05, 0) is 60.4 Å². The Morgan fingerprint density at radius 3 is 2.53 bits per heavy atom. The predicted molar refractivity (Wildman–Crippen MR) is 117 cm³/mol. The molecule has 0 radical (unpaired) electrons. The Kier molecular flexibility index (Phi) is 5.67. The van der Waals surface area contributed by atoms with Gasteiger partial charge in [-0.25, -0.2) is 4.39 Å². The number of nitrogens with zero attached hydrogens (tertiary/aromatic N) is 2. The molecule has 0 saturated carbocycles. The van der Waals surface area contributed by atoms with Crippen LogP contribution in [0.1, 0.15) is 17.5 Å². The Balaban J connectivity index is 1.72. The smallest absolute Gasteiger partial charge is 0.203 e. The zero-order valence-electron chi connectivity index (χ0n) is 16.3. The van der Waals surface area contributed by atoms with Crippen molar-refractivity contribution < 1.29 is 9.18 Å². The number of allylic oxidation sites excluding steroid dienone is 4. The maximum Gasteiger partial charge on any atom is 0.203 e. The summed E-state index contributed by atoms with van der Waals surface area (Å²) in [7, 11) is 0. The second-order valence-electron chi connectivity index (χ2n) is 7.39. The Hall–Kier alpha value is -2.63. The second kappa shape index (κ2) is 8.25. The van der Waals surface area contributed by atoms with Gasteiger partial charge in [-0.15, -0.1) is 11.6 Å². The average Bonchev–Trinajstić information content (AvgIpc) is 2.98. The fraction of sp³-hybridized carbons (Fsp3) is 0.217. The van der Waals surface area contributed by atoms with E-state index in [1.54, 1.807) is 22.8 Å². The van der Waals surface area contributed by atoms with E-state index in [2.05, 4.69) is 0 Å². The summed E-state index contributed by atoms with van der Waals surface area (Å²) in [5.74, 6) is -0.381. The topological polar surface area (TPSA) is 50.8 Å². The Morgan fingerprint density at radius 2 is 1.87 bits per heavy atom. The zero-order valence-corrected chi connectivity index (χ0v) is 17.8. The summed E-state index contributed by atoms with van der Waals surface area (Å²) in [6.45, 7) is 2.30. The molecule has 7 heteroatoms. The minimum absolute atomic E-state index is 0.0373. The third kappa shape index (κ3) is 3.87. The normalized spacial score (nSPS) is 16.5. The van der Waals surface area contributed by atoms with Crippen molar-refractivity contribution in [2.45, 2.75) is 31.8 Å². The first-order chi connectivity index (χ1) is 14.3. The molecule has 30 heavy (non-hydrogen) atoms. The summed E-state index contributed by atoms with van der Waals surface area (Å²) in [5, 5.41) is 8.85. The molecule has 0 fully saturated rings. The van der Waals surface area contributed by atoms with Gasteiger partial charge in [0.2, 0.25) is 5.62 Å². The molecule has 0 bridgehead atoms. The van der Waals surface area contributed by atoms with Crippen LogP contribution in [0.15, 0.2) is 65.2 Å². The second-order valence-corrected chi connectivity index (χ2v) is 8.36. The van der Waals surface area contributed by atoms with Gasteiger partial charge >= 0.3 is 0 Å². The molecule has 0 spiro atoms. The van der Waals surface area contributed by atoms with E-state index in [1.165, 1.54) is 12.1 Å². The van der Waals surface area contributed by atoms with Crippen LogP contribution < -0.4 is 5.62 Å². The van der Waals surface area contributed by atoms with Gasteiger partial charge in [-0.2, -0.15) is 0 Å². The van der Waals surface area contributed by atoms with Crippen LogP contribution in [-0.4, -0.2) is 20.3 Å². The Labute approximate surface area is 183 Å². The fourth-order valence-electron chi connectivity index (χ4n) is 3.72. The number of carbonyl (C=O) groups excluding carboxylic acids is 1. The van der Waals surface area contributed by atoms with E-state index in [0.717, 1.165) is 22.2 Å². The van der Waals surface area contributed by atoms with E-state index in [1.807, 2.05) is 35.8 Å². The van der Waals surface area contributed by atoms with E-state index >= 15 is 0 Å². The summed E-state index contributed by atoms with van der Waals surface area (Å²) in [6, 6.07) is 12.2. The third-order valence-electron chi connectivity index (χ3n) is 5.41. The molecule has 1 atom stereocenters. The van der Waals surface area contributed by atoms with Crippen LogP contribution in [0.5, 0.6) is 0 Å². The number of hydrogen-bond acceptors (Lipinski definition) is 2. The number of aromatic nitrogens is 2. The first-order valence-electron chi connectivity index (χ1n) is 9.56. The molecule has 0 amide bonds. The Morgan fingerprint density at radius 1 is 1.17 bits per heavy atom. The molecule has 1 aliphatic carbocycles. The number of carbonyl (C=O) groups is 1. The summed E-state index contributed by atoms with van der Waals surface area (Å²) in [5.41, 5.74) is 4.18. The van der Waals surface area contributed by atoms with Crippen molar-refractivity contribution in [3.63, 3.8) is 0 Å². The number of imidazole rings is 1. The quantitative estimate of drug-likeness (QED) is 0.551. The van der Waals surface area contributed by atoms with Crippen LogP contribution >= 0.6 is 23.2 Å². The van der Waals surface area contributed by atoms with Crippen LogP contribution in [0.3, 0.4) is 0 Å². The number of halogens is 3. The highest BCUT2D eigenvalue weighted by atomic mass is 35.5. The van der Waals surface area contributed by atoms with E-state index in [0.29, 0.717) is 23.6 Å². The number of fused-ring (bicyclic) bond motifs is 1. The summed E-state index contributed by atoms with van der Waals surface area (Å²) in [6.07, 6.45) is 3.73.